The molecule has 0 aliphatic heterocycles. The SMILES string of the molecule is COc1cc(CCC(=O)Nc2cccc(C(F)(F)F)c2)cc(OC)c1. The van der Waals surface area contributed by atoms with Crippen molar-refractivity contribution >= 4 is 11.6 Å². The number of anilines is 1. The van der Waals surface area contributed by atoms with Crippen LogP contribution < -0.4 is 14.8 Å². The molecule has 2 aromatic rings. The maximum atomic E-state index is 12.7. The predicted molar refractivity (Wildman–Crippen MR) is 87.9 cm³/mol. The highest BCUT2D eigenvalue weighted by molar-refractivity contribution is 5.90. The summed E-state index contributed by atoms with van der Waals surface area (Å²) in [5.74, 6) is 0.835. The van der Waals surface area contributed by atoms with E-state index >= 15 is 0 Å². The minimum Gasteiger partial charge on any atom is -0.497 e. The molecular formula is C18H18F3NO3. The van der Waals surface area contributed by atoms with Gasteiger partial charge in [-0.1, -0.05) is 6.07 Å². The first-order valence-electron chi connectivity index (χ1n) is 7.51. The van der Waals surface area contributed by atoms with Crippen molar-refractivity contribution in [3.05, 3.63) is 53.6 Å². The monoisotopic (exact) mass is 353 g/mol. The Kier molecular flexibility index (Phi) is 5.90. The van der Waals surface area contributed by atoms with Crippen molar-refractivity contribution < 1.29 is 27.4 Å². The number of ether oxygens (including phenoxy) is 2. The molecule has 7 heteroatoms. The molecule has 0 aromatic heterocycles. The maximum absolute atomic E-state index is 12.7. The van der Waals surface area contributed by atoms with Crippen molar-refractivity contribution in [1.82, 2.24) is 0 Å². The number of alkyl halides is 3. The van der Waals surface area contributed by atoms with Gasteiger partial charge in [-0.15, -0.1) is 0 Å². The number of aryl methyl sites for hydroxylation is 1. The fourth-order valence-corrected chi connectivity index (χ4v) is 2.27. The van der Waals surface area contributed by atoms with Gasteiger partial charge in [0.25, 0.3) is 0 Å². The van der Waals surface area contributed by atoms with Gasteiger partial charge in [-0.3, -0.25) is 4.79 Å². The van der Waals surface area contributed by atoms with Crippen LogP contribution in [0, 0.1) is 0 Å². The number of hydrogen-bond acceptors (Lipinski definition) is 3. The maximum Gasteiger partial charge on any atom is 0.416 e. The molecule has 2 rings (SSSR count). The van der Waals surface area contributed by atoms with Crippen LogP contribution in [-0.4, -0.2) is 20.1 Å². The van der Waals surface area contributed by atoms with Gasteiger partial charge in [0.2, 0.25) is 5.91 Å². The number of amides is 1. The summed E-state index contributed by atoms with van der Waals surface area (Å²) in [7, 11) is 3.05. The Morgan fingerprint density at radius 3 is 2.24 bits per heavy atom. The second kappa shape index (κ2) is 7.92. The summed E-state index contributed by atoms with van der Waals surface area (Å²) >= 11 is 0. The van der Waals surface area contributed by atoms with Gasteiger partial charge in [-0.25, -0.2) is 0 Å². The third-order valence-corrected chi connectivity index (χ3v) is 3.53. The fourth-order valence-electron chi connectivity index (χ4n) is 2.27. The molecule has 0 spiro atoms. The van der Waals surface area contributed by atoms with Gasteiger partial charge in [0.15, 0.2) is 0 Å². The molecule has 0 radical (unpaired) electrons. The lowest BCUT2D eigenvalue weighted by Gasteiger charge is -2.11. The van der Waals surface area contributed by atoms with Crippen LogP contribution in [0.4, 0.5) is 18.9 Å². The third-order valence-electron chi connectivity index (χ3n) is 3.53. The lowest BCUT2D eigenvalue weighted by Crippen LogP contribution is -2.13. The van der Waals surface area contributed by atoms with Gasteiger partial charge in [0.1, 0.15) is 11.5 Å². The van der Waals surface area contributed by atoms with E-state index in [1.807, 2.05) is 0 Å². The Hall–Kier alpha value is -2.70. The molecule has 4 nitrogen and oxygen atoms in total. The van der Waals surface area contributed by atoms with E-state index in [4.69, 9.17) is 9.47 Å². The molecule has 0 unspecified atom stereocenters. The molecule has 0 atom stereocenters. The largest absolute Gasteiger partial charge is 0.497 e. The van der Waals surface area contributed by atoms with Crippen LogP contribution in [0.1, 0.15) is 17.5 Å². The summed E-state index contributed by atoms with van der Waals surface area (Å²) in [6.45, 7) is 0. The van der Waals surface area contributed by atoms with Gasteiger partial charge in [-0.05, 0) is 42.3 Å². The minimum absolute atomic E-state index is 0.114. The average Bonchev–Trinajstić information content (AvgIpc) is 2.59. The van der Waals surface area contributed by atoms with E-state index in [0.717, 1.165) is 17.7 Å². The summed E-state index contributed by atoms with van der Waals surface area (Å²) < 4.78 is 48.4. The molecule has 2 aromatic carbocycles. The number of nitrogens with one attached hydrogen (secondary N) is 1. The van der Waals surface area contributed by atoms with Gasteiger partial charge < -0.3 is 14.8 Å². The second-order valence-corrected chi connectivity index (χ2v) is 5.35. The van der Waals surface area contributed by atoms with Crippen molar-refractivity contribution in [2.45, 2.75) is 19.0 Å². The topological polar surface area (TPSA) is 47.6 Å². The van der Waals surface area contributed by atoms with Crippen LogP contribution >= 0.6 is 0 Å². The van der Waals surface area contributed by atoms with Crippen LogP contribution in [0.2, 0.25) is 0 Å². The van der Waals surface area contributed by atoms with Crippen molar-refractivity contribution in [3.63, 3.8) is 0 Å². The Morgan fingerprint density at radius 1 is 1.04 bits per heavy atom. The quantitative estimate of drug-likeness (QED) is 0.843. The highest BCUT2D eigenvalue weighted by Gasteiger charge is 2.30. The predicted octanol–water partition coefficient (Wildman–Crippen LogP) is 4.29. The molecule has 0 aliphatic rings. The number of benzene rings is 2. The van der Waals surface area contributed by atoms with E-state index in [2.05, 4.69) is 5.32 Å². The fraction of sp³-hybridized carbons (Fsp3) is 0.278. The number of rotatable bonds is 6. The zero-order valence-electron chi connectivity index (χ0n) is 13.8. The summed E-state index contributed by atoms with van der Waals surface area (Å²) in [5, 5.41) is 2.48. The van der Waals surface area contributed by atoms with Gasteiger partial charge in [-0.2, -0.15) is 13.2 Å². The summed E-state index contributed by atoms with van der Waals surface area (Å²) in [6, 6.07) is 9.81. The van der Waals surface area contributed by atoms with E-state index in [-0.39, 0.29) is 18.0 Å². The molecule has 134 valence electrons. The number of halogens is 3. The van der Waals surface area contributed by atoms with E-state index in [9.17, 15) is 18.0 Å². The smallest absolute Gasteiger partial charge is 0.416 e. The Labute approximate surface area is 143 Å². The lowest BCUT2D eigenvalue weighted by molar-refractivity contribution is -0.137. The second-order valence-electron chi connectivity index (χ2n) is 5.35. The number of carbonyl (C=O) groups is 1. The lowest BCUT2D eigenvalue weighted by atomic mass is 10.1. The molecule has 1 N–H and O–H groups in total. The van der Waals surface area contributed by atoms with Gasteiger partial charge >= 0.3 is 6.18 Å². The van der Waals surface area contributed by atoms with Crippen molar-refractivity contribution in [2.24, 2.45) is 0 Å². The first-order chi connectivity index (χ1) is 11.8. The van der Waals surface area contributed by atoms with Gasteiger partial charge in [0.05, 0.1) is 19.8 Å². The molecule has 25 heavy (non-hydrogen) atoms. The van der Waals surface area contributed by atoms with Crippen LogP contribution in [0.15, 0.2) is 42.5 Å². The molecule has 0 fully saturated rings. The number of carbonyl (C=O) groups excluding carboxylic acids is 1. The Morgan fingerprint density at radius 2 is 1.68 bits per heavy atom. The molecule has 1 amide bonds. The first-order valence-corrected chi connectivity index (χ1v) is 7.51. The van der Waals surface area contributed by atoms with Crippen LogP contribution in [0.25, 0.3) is 0 Å². The van der Waals surface area contributed by atoms with E-state index in [1.54, 1.807) is 18.2 Å². The van der Waals surface area contributed by atoms with Crippen molar-refractivity contribution in [3.8, 4) is 11.5 Å². The number of hydrogen-bond donors (Lipinski definition) is 1. The summed E-state index contributed by atoms with van der Waals surface area (Å²) in [4.78, 5) is 12.0. The normalized spacial score (nSPS) is 11.1. The standard InChI is InChI=1S/C18H18F3NO3/c1-24-15-8-12(9-16(11-15)25-2)6-7-17(23)22-14-5-3-4-13(10-14)18(19,20)21/h3-5,8-11H,6-7H2,1-2H3,(H,22,23). The molecule has 0 saturated heterocycles. The average molecular weight is 353 g/mol. The highest BCUT2D eigenvalue weighted by Crippen LogP contribution is 2.30. The molecule has 0 saturated carbocycles. The zero-order chi connectivity index (χ0) is 18.4. The summed E-state index contributed by atoms with van der Waals surface area (Å²) in [6.07, 6.45) is -3.93. The highest BCUT2D eigenvalue weighted by atomic mass is 19.4. The molecule has 0 heterocycles. The van der Waals surface area contributed by atoms with Crippen LogP contribution in [0.3, 0.4) is 0 Å². The van der Waals surface area contributed by atoms with Gasteiger partial charge in [0, 0.05) is 18.2 Å². The number of methoxy groups -OCH3 is 2. The van der Waals surface area contributed by atoms with Crippen molar-refractivity contribution in [2.75, 3.05) is 19.5 Å². The third kappa shape index (κ3) is 5.41. The Bertz CT molecular complexity index is 722. The zero-order valence-corrected chi connectivity index (χ0v) is 13.8. The molecule has 0 aliphatic carbocycles. The van der Waals surface area contributed by atoms with E-state index in [1.165, 1.54) is 26.4 Å². The van der Waals surface area contributed by atoms with Crippen LogP contribution in [0.5, 0.6) is 11.5 Å². The Balaban J connectivity index is 1.99. The van der Waals surface area contributed by atoms with Crippen molar-refractivity contribution in [1.29, 1.82) is 0 Å². The summed E-state index contributed by atoms with van der Waals surface area (Å²) in [5.41, 5.74) is 0.140. The minimum atomic E-state index is -4.45. The first kappa shape index (κ1) is 18.6. The van der Waals surface area contributed by atoms with Crippen LogP contribution in [-0.2, 0) is 17.4 Å². The molecule has 0 bridgehead atoms. The van der Waals surface area contributed by atoms with E-state index in [0.29, 0.717) is 17.9 Å². The van der Waals surface area contributed by atoms with E-state index < -0.39 is 11.7 Å². The molecular weight excluding hydrogens is 335 g/mol.